The topological polar surface area (TPSA) is 50.4 Å². The molecule has 1 aliphatic rings. The van der Waals surface area contributed by atoms with E-state index in [1.165, 1.54) is 0 Å². The lowest BCUT2D eigenvalue weighted by Crippen LogP contribution is -2.41. The van der Waals surface area contributed by atoms with Crippen LogP contribution in [0.15, 0.2) is 0 Å². The summed E-state index contributed by atoms with van der Waals surface area (Å²) >= 11 is 0. The Hall–Kier alpha value is -0.610. The van der Waals surface area contributed by atoms with Gasteiger partial charge in [0.1, 0.15) is 0 Å². The Bertz CT molecular complexity index is 201. The summed E-state index contributed by atoms with van der Waals surface area (Å²) in [4.78, 5) is 11.7. The molecule has 0 unspecified atom stereocenters. The molecule has 1 fully saturated rings. The Labute approximate surface area is 98.1 Å². The summed E-state index contributed by atoms with van der Waals surface area (Å²) in [5.74, 6) is 0.873. The zero-order valence-electron chi connectivity index (χ0n) is 10.4. The van der Waals surface area contributed by atoms with Crippen molar-refractivity contribution in [2.24, 2.45) is 11.8 Å². The largest absolute Gasteiger partial charge is 0.379 e. The minimum atomic E-state index is 0.152. The van der Waals surface area contributed by atoms with E-state index in [1.54, 1.807) is 0 Å². The van der Waals surface area contributed by atoms with Crippen LogP contribution in [0.3, 0.4) is 0 Å². The molecule has 0 saturated carbocycles. The van der Waals surface area contributed by atoms with Crippen molar-refractivity contribution in [1.82, 2.24) is 10.6 Å². The van der Waals surface area contributed by atoms with Crippen molar-refractivity contribution in [2.75, 3.05) is 32.8 Å². The second-order valence-corrected chi connectivity index (χ2v) is 4.80. The van der Waals surface area contributed by atoms with Gasteiger partial charge in [0.2, 0.25) is 5.91 Å². The minimum absolute atomic E-state index is 0.152. The van der Waals surface area contributed by atoms with Crippen molar-refractivity contribution in [3.8, 4) is 0 Å². The lowest BCUT2D eigenvalue weighted by atomic mass is 9.99. The summed E-state index contributed by atoms with van der Waals surface area (Å²) in [6.45, 7) is 8.10. The Balaban J connectivity index is 2.01. The van der Waals surface area contributed by atoms with E-state index in [4.69, 9.17) is 4.74 Å². The van der Waals surface area contributed by atoms with Gasteiger partial charge in [0.05, 0.1) is 12.5 Å². The zero-order valence-corrected chi connectivity index (χ0v) is 10.4. The summed E-state index contributed by atoms with van der Waals surface area (Å²) < 4.78 is 5.40. The van der Waals surface area contributed by atoms with Crippen molar-refractivity contribution in [1.29, 1.82) is 0 Å². The van der Waals surface area contributed by atoms with Crippen LogP contribution in [0.2, 0.25) is 0 Å². The number of ether oxygens (including phenoxy) is 1. The maximum absolute atomic E-state index is 11.7. The first-order chi connectivity index (χ1) is 7.70. The molecule has 0 aliphatic carbocycles. The number of piperidine rings is 1. The van der Waals surface area contributed by atoms with Crippen molar-refractivity contribution in [3.63, 3.8) is 0 Å². The third-order valence-corrected chi connectivity index (χ3v) is 2.66. The molecule has 1 heterocycles. The fraction of sp³-hybridized carbons (Fsp3) is 0.917. The van der Waals surface area contributed by atoms with Gasteiger partial charge in [-0.25, -0.2) is 0 Å². The molecular formula is C12H24N2O2. The van der Waals surface area contributed by atoms with E-state index in [2.05, 4.69) is 24.5 Å². The predicted octanol–water partition coefficient (Wildman–Crippen LogP) is 0.775. The molecule has 1 amide bonds. The number of rotatable bonds is 6. The highest BCUT2D eigenvalue weighted by atomic mass is 16.5. The highest BCUT2D eigenvalue weighted by Crippen LogP contribution is 2.09. The molecule has 2 N–H and O–H groups in total. The lowest BCUT2D eigenvalue weighted by Gasteiger charge is -2.21. The molecule has 4 nitrogen and oxygen atoms in total. The molecule has 94 valence electrons. The van der Waals surface area contributed by atoms with Crippen LogP contribution in [0.25, 0.3) is 0 Å². The highest BCUT2D eigenvalue weighted by Gasteiger charge is 2.19. The van der Waals surface area contributed by atoms with Crippen LogP contribution in [-0.4, -0.2) is 38.8 Å². The first kappa shape index (κ1) is 13.5. The summed E-state index contributed by atoms with van der Waals surface area (Å²) in [7, 11) is 0. The number of hydrogen-bond donors (Lipinski definition) is 2. The van der Waals surface area contributed by atoms with Gasteiger partial charge in [-0.1, -0.05) is 13.8 Å². The third-order valence-electron chi connectivity index (χ3n) is 2.66. The maximum atomic E-state index is 11.7. The van der Waals surface area contributed by atoms with Crippen molar-refractivity contribution < 1.29 is 9.53 Å². The number of nitrogens with one attached hydrogen (secondary N) is 2. The van der Waals surface area contributed by atoms with E-state index < -0.39 is 0 Å². The first-order valence-corrected chi connectivity index (χ1v) is 6.26. The van der Waals surface area contributed by atoms with Crippen LogP contribution in [-0.2, 0) is 9.53 Å². The average molecular weight is 228 g/mol. The maximum Gasteiger partial charge on any atom is 0.224 e. The molecule has 0 bridgehead atoms. The van der Waals surface area contributed by atoms with Gasteiger partial charge in [-0.2, -0.15) is 0 Å². The molecule has 1 atom stereocenters. The van der Waals surface area contributed by atoms with Crippen molar-refractivity contribution >= 4 is 5.91 Å². The summed E-state index contributed by atoms with van der Waals surface area (Å²) in [5.41, 5.74) is 0. The number of carbonyl (C=O) groups excluding carboxylic acids is 1. The lowest BCUT2D eigenvalue weighted by molar-refractivity contribution is -0.125. The van der Waals surface area contributed by atoms with Crippen LogP contribution in [0.5, 0.6) is 0 Å². The smallest absolute Gasteiger partial charge is 0.224 e. The monoisotopic (exact) mass is 228 g/mol. The molecule has 0 aromatic carbocycles. The zero-order chi connectivity index (χ0) is 11.8. The summed E-state index contributed by atoms with van der Waals surface area (Å²) in [6, 6.07) is 0. The fourth-order valence-corrected chi connectivity index (χ4v) is 1.79. The van der Waals surface area contributed by atoms with Crippen LogP contribution >= 0.6 is 0 Å². The standard InChI is InChI=1S/C12H24N2O2/c1-10(2)9-16-7-6-14-12(15)11-4-3-5-13-8-11/h10-11,13H,3-9H2,1-2H3,(H,14,15)/t11-/m1/s1. The second-order valence-electron chi connectivity index (χ2n) is 4.80. The highest BCUT2D eigenvalue weighted by molar-refractivity contribution is 5.78. The van der Waals surface area contributed by atoms with Crippen LogP contribution in [0.4, 0.5) is 0 Å². The Morgan fingerprint density at radius 2 is 2.38 bits per heavy atom. The fourth-order valence-electron chi connectivity index (χ4n) is 1.79. The van der Waals surface area contributed by atoms with Gasteiger partial charge >= 0.3 is 0 Å². The molecular weight excluding hydrogens is 204 g/mol. The molecule has 0 aromatic rings. The SMILES string of the molecule is CC(C)COCCNC(=O)[C@@H]1CCCNC1. The minimum Gasteiger partial charge on any atom is -0.379 e. The molecule has 1 rings (SSSR count). The molecule has 0 spiro atoms. The molecule has 0 radical (unpaired) electrons. The van der Waals surface area contributed by atoms with Gasteiger partial charge in [0.15, 0.2) is 0 Å². The average Bonchev–Trinajstić information content (AvgIpc) is 2.29. The van der Waals surface area contributed by atoms with E-state index in [-0.39, 0.29) is 11.8 Å². The van der Waals surface area contributed by atoms with E-state index in [9.17, 15) is 4.79 Å². The van der Waals surface area contributed by atoms with Crippen LogP contribution in [0, 0.1) is 11.8 Å². The van der Waals surface area contributed by atoms with Gasteiger partial charge in [-0.15, -0.1) is 0 Å². The van der Waals surface area contributed by atoms with E-state index in [0.29, 0.717) is 19.1 Å². The summed E-state index contributed by atoms with van der Waals surface area (Å²) in [5, 5.41) is 6.16. The van der Waals surface area contributed by atoms with Gasteiger partial charge in [-0.05, 0) is 25.3 Å². The number of hydrogen-bond acceptors (Lipinski definition) is 3. The van der Waals surface area contributed by atoms with E-state index in [1.807, 2.05) is 0 Å². The van der Waals surface area contributed by atoms with Crippen molar-refractivity contribution in [3.05, 3.63) is 0 Å². The van der Waals surface area contributed by atoms with Gasteiger partial charge in [0.25, 0.3) is 0 Å². The van der Waals surface area contributed by atoms with Gasteiger partial charge in [0, 0.05) is 19.7 Å². The number of carbonyl (C=O) groups is 1. The quantitative estimate of drug-likeness (QED) is 0.660. The molecule has 4 heteroatoms. The predicted molar refractivity (Wildman–Crippen MR) is 64.3 cm³/mol. The van der Waals surface area contributed by atoms with Gasteiger partial charge < -0.3 is 15.4 Å². The third kappa shape index (κ3) is 5.47. The Kier molecular flexibility index (Phi) is 6.42. The Morgan fingerprint density at radius 3 is 3.00 bits per heavy atom. The van der Waals surface area contributed by atoms with Crippen LogP contribution < -0.4 is 10.6 Å². The normalized spacial score (nSPS) is 21.1. The van der Waals surface area contributed by atoms with E-state index in [0.717, 1.165) is 32.5 Å². The molecule has 1 saturated heterocycles. The van der Waals surface area contributed by atoms with Crippen LogP contribution in [0.1, 0.15) is 26.7 Å². The van der Waals surface area contributed by atoms with Gasteiger partial charge in [-0.3, -0.25) is 4.79 Å². The summed E-state index contributed by atoms with van der Waals surface area (Å²) in [6.07, 6.45) is 2.10. The second kappa shape index (κ2) is 7.63. The molecule has 0 aromatic heterocycles. The first-order valence-electron chi connectivity index (χ1n) is 6.26. The van der Waals surface area contributed by atoms with E-state index >= 15 is 0 Å². The molecule has 1 aliphatic heterocycles. The number of amides is 1. The van der Waals surface area contributed by atoms with Crippen molar-refractivity contribution in [2.45, 2.75) is 26.7 Å². The molecule has 16 heavy (non-hydrogen) atoms. The Morgan fingerprint density at radius 1 is 1.56 bits per heavy atom.